The molecule has 0 aliphatic heterocycles. The van der Waals surface area contributed by atoms with Gasteiger partial charge in [-0.3, -0.25) is 4.79 Å². The van der Waals surface area contributed by atoms with Crippen LogP contribution in [0.4, 0.5) is 11.5 Å². The number of ether oxygens (including phenoxy) is 1. The number of aromatic nitrogens is 1. The number of carbonyl (C=O) groups is 1. The van der Waals surface area contributed by atoms with Crippen LogP contribution < -0.4 is 11.1 Å². The van der Waals surface area contributed by atoms with Crippen LogP contribution in [0.2, 0.25) is 0 Å². The summed E-state index contributed by atoms with van der Waals surface area (Å²) in [7, 11) is 1.42. The van der Waals surface area contributed by atoms with E-state index in [1.165, 1.54) is 7.11 Å². The molecule has 0 aliphatic rings. The Labute approximate surface area is 124 Å². The van der Waals surface area contributed by atoms with Crippen LogP contribution in [0.5, 0.6) is 0 Å². The highest BCUT2D eigenvalue weighted by Crippen LogP contribution is 2.26. The zero-order valence-electron chi connectivity index (χ0n) is 12.3. The van der Waals surface area contributed by atoms with E-state index < -0.39 is 0 Å². The predicted molar refractivity (Wildman–Crippen MR) is 85.1 cm³/mol. The van der Waals surface area contributed by atoms with Crippen molar-refractivity contribution in [1.29, 1.82) is 0 Å². The van der Waals surface area contributed by atoms with Gasteiger partial charge in [-0.15, -0.1) is 0 Å². The van der Waals surface area contributed by atoms with Crippen LogP contribution in [0.1, 0.15) is 25.7 Å². The number of nitrogens with one attached hydrogen (secondary N) is 1. The Morgan fingerprint density at radius 1 is 1.29 bits per heavy atom. The Kier molecular flexibility index (Phi) is 5.37. The molecule has 3 N–H and O–H groups in total. The van der Waals surface area contributed by atoms with Gasteiger partial charge in [0.25, 0.3) is 0 Å². The molecule has 1 aromatic heterocycles. The molecule has 5 nitrogen and oxygen atoms in total. The molecule has 0 unspecified atom stereocenters. The Hall–Kier alpha value is -2.30. The number of methoxy groups -OCH3 is 1. The lowest BCUT2D eigenvalue weighted by Gasteiger charge is -2.10. The minimum atomic E-state index is -0.147. The van der Waals surface area contributed by atoms with Gasteiger partial charge in [0.15, 0.2) is 0 Å². The molecule has 1 heterocycles. The monoisotopic (exact) mass is 287 g/mol. The fourth-order valence-electron chi connectivity index (χ4n) is 2.27. The van der Waals surface area contributed by atoms with E-state index in [-0.39, 0.29) is 5.97 Å². The Balaban J connectivity index is 1.85. The number of fused-ring (bicyclic) bond motifs is 1. The van der Waals surface area contributed by atoms with Crippen LogP contribution in [0, 0.1) is 0 Å². The largest absolute Gasteiger partial charge is 0.469 e. The molecule has 0 amide bonds. The maximum Gasteiger partial charge on any atom is 0.305 e. The standard InChI is InChI=1S/C16H21N3O2/c1-21-14(20)8-3-2-4-10-18-16-15-12(9-11-19-16)6-5-7-13(15)17/h5-7,9,11H,2-4,8,10,17H2,1H3,(H,18,19). The van der Waals surface area contributed by atoms with E-state index in [1.807, 2.05) is 24.3 Å². The number of hydrogen-bond acceptors (Lipinski definition) is 5. The number of nitrogens with zero attached hydrogens (tertiary/aromatic N) is 1. The molecule has 0 atom stereocenters. The van der Waals surface area contributed by atoms with Crippen LogP contribution in [0.15, 0.2) is 30.5 Å². The van der Waals surface area contributed by atoms with E-state index >= 15 is 0 Å². The fraction of sp³-hybridized carbons (Fsp3) is 0.375. The van der Waals surface area contributed by atoms with Gasteiger partial charge in [0, 0.05) is 30.2 Å². The normalized spacial score (nSPS) is 10.5. The van der Waals surface area contributed by atoms with Gasteiger partial charge >= 0.3 is 5.97 Å². The fourth-order valence-corrected chi connectivity index (χ4v) is 2.27. The van der Waals surface area contributed by atoms with Crippen LogP contribution in [0.25, 0.3) is 10.8 Å². The lowest BCUT2D eigenvalue weighted by atomic mass is 10.1. The van der Waals surface area contributed by atoms with Gasteiger partial charge in [0.1, 0.15) is 5.82 Å². The van der Waals surface area contributed by atoms with E-state index in [1.54, 1.807) is 6.20 Å². The van der Waals surface area contributed by atoms with Crippen molar-refractivity contribution in [1.82, 2.24) is 4.98 Å². The molecule has 0 spiro atoms. The Morgan fingerprint density at radius 2 is 2.14 bits per heavy atom. The maximum atomic E-state index is 11.0. The van der Waals surface area contributed by atoms with Gasteiger partial charge in [0.2, 0.25) is 0 Å². The van der Waals surface area contributed by atoms with Crippen LogP contribution in [-0.4, -0.2) is 24.6 Å². The number of unbranched alkanes of at least 4 members (excludes halogenated alkanes) is 2. The van der Waals surface area contributed by atoms with E-state index in [0.29, 0.717) is 6.42 Å². The molecule has 2 aromatic rings. The van der Waals surface area contributed by atoms with E-state index in [9.17, 15) is 4.79 Å². The summed E-state index contributed by atoms with van der Waals surface area (Å²) in [5, 5.41) is 5.37. The Morgan fingerprint density at radius 3 is 2.95 bits per heavy atom. The highest BCUT2D eigenvalue weighted by molar-refractivity contribution is 6.00. The van der Waals surface area contributed by atoms with Crippen molar-refractivity contribution < 1.29 is 9.53 Å². The molecular weight excluding hydrogens is 266 g/mol. The van der Waals surface area contributed by atoms with Crippen molar-refractivity contribution in [2.24, 2.45) is 0 Å². The van der Waals surface area contributed by atoms with E-state index in [0.717, 1.165) is 48.1 Å². The van der Waals surface area contributed by atoms with Crippen molar-refractivity contribution >= 4 is 28.2 Å². The van der Waals surface area contributed by atoms with Crippen LogP contribution in [-0.2, 0) is 9.53 Å². The number of pyridine rings is 1. The van der Waals surface area contributed by atoms with Gasteiger partial charge in [0.05, 0.1) is 7.11 Å². The molecule has 112 valence electrons. The SMILES string of the molecule is COC(=O)CCCCCNc1nccc2cccc(N)c12. The summed E-state index contributed by atoms with van der Waals surface area (Å²) in [4.78, 5) is 15.3. The van der Waals surface area contributed by atoms with Crippen LogP contribution in [0.3, 0.4) is 0 Å². The lowest BCUT2D eigenvalue weighted by Crippen LogP contribution is -2.05. The second-order valence-corrected chi connectivity index (χ2v) is 4.92. The number of carbonyl (C=O) groups excluding carboxylic acids is 1. The maximum absolute atomic E-state index is 11.0. The molecule has 0 bridgehead atoms. The molecule has 5 heteroatoms. The highest BCUT2D eigenvalue weighted by atomic mass is 16.5. The molecule has 0 saturated carbocycles. The number of rotatable bonds is 7. The van der Waals surface area contributed by atoms with Crippen LogP contribution >= 0.6 is 0 Å². The summed E-state index contributed by atoms with van der Waals surface area (Å²) < 4.78 is 4.61. The van der Waals surface area contributed by atoms with E-state index in [2.05, 4.69) is 15.0 Å². The summed E-state index contributed by atoms with van der Waals surface area (Å²) in [6.07, 6.45) is 5.06. The third kappa shape index (κ3) is 4.08. The first-order valence-corrected chi connectivity index (χ1v) is 7.16. The third-order valence-corrected chi connectivity index (χ3v) is 3.40. The summed E-state index contributed by atoms with van der Waals surface area (Å²) >= 11 is 0. The molecule has 0 radical (unpaired) electrons. The molecule has 2 rings (SSSR count). The second kappa shape index (κ2) is 7.47. The highest BCUT2D eigenvalue weighted by Gasteiger charge is 2.05. The summed E-state index contributed by atoms with van der Waals surface area (Å²) in [6.45, 7) is 0.807. The first kappa shape index (κ1) is 15.1. The Bertz CT molecular complexity index is 608. The quantitative estimate of drug-likeness (QED) is 0.465. The van der Waals surface area contributed by atoms with Crippen molar-refractivity contribution in [2.45, 2.75) is 25.7 Å². The van der Waals surface area contributed by atoms with Crippen molar-refractivity contribution in [3.63, 3.8) is 0 Å². The summed E-state index contributed by atoms with van der Waals surface area (Å²) in [6, 6.07) is 7.79. The molecule has 0 aliphatic carbocycles. The molecule has 21 heavy (non-hydrogen) atoms. The number of hydrogen-bond donors (Lipinski definition) is 2. The molecule has 0 saturated heterocycles. The number of nitrogen functional groups attached to an aromatic ring is 1. The number of esters is 1. The summed E-state index contributed by atoms with van der Waals surface area (Å²) in [5.41, 5.74) is 6.76. The van der Waals surface area contributed by atoms with Gasteiger partial charge in [-0.25, -0.2) is 4.98 Å². The average Bonchev–Trinajstić information content (AvgIpc) is 2.50. The van der Waals surface area contributed by atoms with Gasteiger partial charge < -0.3 is 15.8 Å². The first-order chi connectivity index (χ1) is 10.2. The third-order valence-electron chi connectivity index (χ3n) is 3.40. The topological polar surface area (TPSA) is 77.2 Å². The van der Waals surface area contributed by atoms with Gasteiger partial charge in [-0.1, -0.05) is 18.6 Å². The zero-order chi connectivity index (χ0) is 15.1. The number of nitrogens with two attached hydrogens (primary N) is 1. The smallest absolute Gasteiger partial charge is 0.305 e. The average molecular weight is 287 g/mol. The number of benzene rings is 1. The van der Waals surface area contributed by atoms with Gasteiger partial charge in [-0.2, -0.15) is 0 Å². The van der Waals surface area contributed by atoms with Gasteiger partial charge in [-0.05, 0) is 30.4 Å². The van der Waals surface area contributed by atoms with Crippen molar-refractivity contribution in [2.75, 3.05) is 24.7 Å². The zero-order valence-corrected chi connectivity index (χ0v) is 12.3. The first-order valence-electron chi connectivity index (χ1n) is 7.16. The van der Waals surface area contributed by atoms with E-state index in [4.69, 9.17) is 5.73 Å². The summed E-state index contributed by atoms with van der Waals surface area (Å²) in [5.74, 6) is 0.671. The predicted octanol–water partition coefficient (Wildman–Crippen LogP) is 2.96. The second-order valence-electron chi connectivity index (χ2n) is 4.92. The number of anilines is 2. The van der Waals surface area contributed by atoms with Crippen molar-refractivity contribution in [3.8, 4) is 0 Å². The van der Waals surface area contributed by atoms with Crippen molar-refractivity contribution in [3.05, 3.63) is 30.5 Å². The molecular formula is C16H21N3O2. The molecule has 1 aromatic carbocycles. The minimum Gasteiger partial charge on any atom is -0.469 e. The molecule has 0 fully saturated rings. The minimum absolute atomic E-state index is 0.147. The lowest BCUT2D eigenvalue weighted by molar-refractivity contribution is -0.140.